The summed E-state index contributed by atoms with van der Waals surface area (Å²) < 4.78 is 7.07. The fourth-order valence-electron chi connectivity index (χ4n) is 2.78. The van der Waals surface area contributed by atoms with E-state index in [0.29, 0.717) is 4.96 Å². The van der Waals surface area contributed by atoms with Crippen LogP contribution in [0.2, 0.25) is 0 Å². The van der Waals surface area contributed by atoms with E-state index >= 15 is 0 Å². The molecule has 2 aromatic rings. The van der Waals surface area contributed by atoms with Gasteiger partial charge in [-0.25, -0.2) is 4.98 Å². The zero-order chi connectivity index (χ0) is 15.7. The molecule has 3 rings (SSSR count). The number of ether oxygens (including phenoxy) is 1. The Morgan fingerprint density at radius 2 is 2.14 bits per heavy atom. The van der Waals surface area contributed by atoms with Crippen molar-refractivity contribution in [1.82, 2.24) is 19.5 Å². The molecule has 1 saturated heterocycles. The van der Waals surface area contributed by atoms with Gasteiger partial charge < -0.3 is 10.1 Å². The Morgan fingerprint density at radius 1 is 1.41 bits per heavy atom. The first-order valence-corrected chi connectivity index (χ1v) is 8.32. The lowest BCUT2D eigenvalue weighted by Crippen LogP contribution is -2.46. The van der Waals surface area contributed by atoms with Crippen LogP contribution in [-0.2, 0) is 4.74 Å². The third-order valence-electron chi connectivity index (χ3n) is 3.57. The van der Waals surface area contributed by atoms with Crippen molar-refractivity contribution >= 4 is 21.4 Å². The van der Waals surface area contributed by atoms with Crippen LogP contribution in [0.25, 0.3) is 4.96 Å². The lowest BCUT2D eigenvalue weighted by atomic mass is 10.2. The Morgan fingerprint density at radius 3 is 2.86 bits per heavy atom. The Bertz CT molecular complexity index is 703. The van der Waals surface area contributed by atoms with Crippen LogP contribution in [0.4, 0.5) is 5.13 Å². The van der Waals surface area contributed by atoms with Gasteiger partial charge in [0.2, 0.25) is 10.1 Å². The molecule has 8 heteroatoms. The number of hydrogen-bond donors (Lipinski definition) is 1. The van der Waals surface area contributed by atoms with Crippen molar-refractivity contribution in [2.24, 2.45) is 0 Å². The molecule has 0 bridgehead atoms. The van der Waals surface area contributed by atoms with E-state index in [0.717, 1.165) is 37.0 Å². The molecule has 0 aromatic carbocycles. The molecule has 1 aliphatic heterocycles. The van der Waals surface area contributed by atoms with Crippen LogP contribution in [0.1, 0.15) is 19.5 Å². The second-order valence-electron chi connectivity index (χ2n) is 5.78. The minimum Gasteiger partial charge on any atom is -0.373 e. The summed E-state index contributed by atoms with van der Waals surface area (Å²) in [4.78, 5) is 19.2. The molecule has 7 nitrogen and oxygen atoms in total. The molecular formula is C14H21N5O2S. The minimum absolute atomic E-state index is 0.136. The van der Waals surface area contributed by atoms with Crippen molar-refractivity contribution in [2.75, 3.05) is 31.5 Å². The fourth-order valence-corrected chi connectivity index (χ4v) is 3.66. The lowest BCUT2D eigenvalue weighted by molar-refractivity contribution is -0.0667. The van der Waals surface area contributed by atoms with Crippen LogP contribution >= 0.6 is 11.3 Å². The highest BCUT2D eigenvalue weighted by molar-refractivity contribution is 7.20. The second-order valence-corrected chi connectivity index (χ2v) is 6.74. The Hall–Kier alpha value is -1.51. The molecule has 1 fully saturated rings. The summed E-state index contributed by atoms with van der Waals surface area (Å²) in [5.41, 5.74) is 0.583. The summed E-state index contributed by atoms with van der Waals surface area (Å²) in [7, 11) is 0. The molecule has 120 valence electrons. The topological polar surface area (TPSA) is 71.8 Å². The smallest absolute Gasteiger partial charge is 0.275 e. The Kier molecular flexibility index (Phi) is 4.42. The van der Waals surface area contributed by atoms with Crippen molar-refractivity contribution in [3.05, 3.63) is 22.1 Å². The van der Waals surface area contributed by atoms with Crippen LogP contribution in [0, 0.1) is 6.92 Å². The predicted octanol–water partition coefficient (Wildman–Crippen LogP) is 0.981. The van der Waals surface area contributed by atoms with E-state index in [1.165, 1.54) is 21.9 Å². The molecule has 0 spiro atoms. The highest BCUT2D eigenvalue weighted by Crippen LogP contribution is 2.16. The maximum Gasteiger partial charge on any atom is 0.275 e. The lowest BCUT2D eigenvalue weighted by Gasteiger charge is -2.35. The largest absolute Gasteiger partial charge is 0.373 e. The van der Waals surface area contributed by atoms with Gasteiger partial charge in [-0.3, -0.25) is 9.69 Å². The minimum atomic E-state index is -0.136. The monoisotopic (exact) mass is 323 g/mol. The van der Waals surface area contributed by atoms with Crippen molar-refractivity contribution in [3.63, 3.8) is 0 Å². The molecule has 0 radical (unpaired) electrons. The van der Waals surface area contributed by atoms with Gasteiger partial charge in [0.1, 0.15) is 0 Å². The Balaban J connectivity index is 1.60. The maximum atomic E-state index is 11.8. The van der Waals surface area contributed by atoms with Crippen LogP contribution in [0.3, 0.4) is 0 Å². The van der Waals surface area contributed by atoms with Gasteiger partial charge in [-0.15, -0.1) is 5.10 Å². The van der Waals surface area contributed by atoms with Crippen LogP contribution < -0.4 is 10.9 Å². The molecular weight excluding hydrogens is 302 g/mol. The van der Waals surface area contributed by atoms with Gasteiger partial charge in [0, 0.05) is 37.9 Å². The van der Waals surface area contributed by atoms with Crippen LogP contribution in [0.15, 0.2) is 10.9 Å². The van der Waals surface area contributed by atoms with Gasteiger partial charge in [-0.05, 0) is 20.8 Å². The van der Waals surface area contributed by atoms with E-state index in [1.807, 2.05) is 6.92 Å². The molecule has 2 unspecified atom stereocenters. The van der Waals surface area contributed by atoms with Crippen molar-refractivity contribution < 1.29 is 4.74 Å². The first kappa shape index (κ1) is 15.4. The number of nitrogens with zero attached hydrogens (tertiary/aromatic N) is 4. The zero-order valence-electron chi connectivity index (χ0n) is 13.1. The number of fused-ring (bicyclic) bond motifs is 1. The number of aryl methyl sites for hydroxylation is 1. The quantitative estimate of drug-likeness (QED) is 0.904. The normalized spacial score (nSPS) is 23.0. The molecule has 1 aliphatic rings. The van der Waals surface area contributed by atoms with Gasteiger partial charge in [-0.2, -0.15) is 4.52 Å². The van der Waals surface area contributed by atoms with E-state index in [2.05, 4.69) is 34.1 Å². The Labute approximate surface area is 132 Å². The summed E-state index contributed by atoms with van der Waals surface area (Å²) >= 11 is 1.40. The van der Waals surface area contributed by atoms with Crippen molar-refractivity contribution in [2.45, 2.75) is 33.0 Å². The maximum absolute atomic E-state index is 11.8. The van der Waals surface area contributed by atoms with E-state index in [-0.39, 0.29) is 17.8 Å². The molecule has 0 saturated carbocycles. The first-order valence-electron chi connectivity index (χ1n) is 7.50. The van der Waals surface area contributed by atoms with Gasteiger partial charge in [0.25, 0.3) is 5.56 Å². The standard InChI is InChI=1S/C14H21N5O2S/c1-9-6-12(20)19-14(16-9)22-13(17-19)15-4-5-18-7-10(2)21-11(3)8-18/h6,10-11H,4-5,7-8H2,1-3H3,(H,15,17). The molecule has 22 heavy (non-hydrogen) atoms. The van der Waals surface area contributed by atoms with Crippen molar-refractivity contribution in [1.29, 1.82) is 0 Å². The highest BCUT2D eigenvalue weighted by atomic mass is 32.1. The van der Waals surface area contributed by atoms with E-state index < -0.39 is 0 Å². The van der Waals surface area contributed by atoms with Gasteiger partial charge >= 0.3 is 0 Å². The number of aromatic nitrogens is 3. The molecule has 3 heterocycles. The third-order valence-corrected chi connectivity index (χ3v) is 4.44. The van der Waals surface area contributed by atoms with Crippen molar-refractivity contribution in [3.8, 4) is 0 Å². The van der Waals surface area contributed by atoms with Gasteiger partial charge in [-0.1, -0.05) is 11.3 Å². The summed E-state index contributed by atoms with van der Waals surface area (Å²) in [6, 6.07) is 1.49. The first-order chi connectivity index (χ1) is 10.5. The predicted molar refractivity (Wildman–Crippen MR) is 86.8 cm³/mol. The second kappa shape index (κ2) is 6.31. The number of nitrogens with one attached hydrogen (secondary N) is 1. The summed E-state index contributed by atoms with van der Waals surface area (Å²) in [6.45, 7) is 9.63. The zero-order valence-corrected chi connectivity index (χ0v) is 13.9. The van der Waals surface area contributed by atoms with Gasteiger partial charge in [0.05, 0.1) is 12.2 Å². The molecule has 2 aromatic heterocycles. The summed E-state index contributed by atoms with van der Waals surface area (Å²) in [6.07, 6.45) is 0.550. The van der Waals surface area contributed by atoms with E-state index in [1.54, 1.807) is 0 Å². The fraction of sp³-hybridized carbons (Fsp3) is 0.643. The average molecular weight is 323 g/mol. The van der Waals surface area contributed by atoms with E-state index in [9.17, 15) is 4.79 Å². The third kappa shape index (κ3) is 3.45. The summed E-state index contributed by atoms with van der Waals surface area (Å²) in [5.74, 6) is 0. The molecule has 0 amide bonds. The summed E-state index contributed by atoms with van der Waals surface area (Å²) in [5, 5.41) is 8.28. The SMILES string of the molecule is Cc1cc(=O)n2nc(NCCN3CC(C)OC(C)C3)sc2n1. The number of rotatable bonds is 4. The number of morpholine rings is 1. The number of anilines is 1. The molecule has 1 N–H and O–H groups in total. The van der Waals surface area contributed by atoms with Crippen LogP contribution in [-0.4, -0.2) is 57.9 Å². The van der Waals surface area contributed by atoms with Crippen LogP contribution in [0.5, 0.6) is 0 Å². The number of hydrogen-bond acceptors (Lipinski definition) is 7. The van der Waals surface area contributed by atoms with Gasteiger partial charge in [0.15, 0.2) is 0 Å². The highest BCUT2D eigenvalue weighted by Gasteiger charge is 2.21. The van der Waals surface area contributed by atoms with E-state index in [4.69, 9.17) is 4.74 Å². The molecule has 2 atom stereocenters. The average Bonchev–Trinajstić information content (AvgIpc) is 2.80. The molecule has 0 aliphatic carbocycles.